The van der Waals surface area contributed by atoms with Gasteiger partial charge in [-0.15, -0.1) is 10.2 Å². The summed E-state index contributed by atoms with van der Waals surface area (Å²) in [7, 11) is 1.61. The van der Waals surface area contributed by atoms with Gasteiger partial charge in [0.1, 0.15) is 5.75 Å². The van der Waals surface area contributed by atoms with Gasteiger partial charge in [-0.2, -0.15) is 0 Å². The number of thioether (sulfide) groups is 1. The van der Waals surface area contributed by atoms with Crippen molar-refractivity contribution in [3.8, 4) is 22.8 Å². The van der Waals surface area contributed by atoms with Crippen molar-refractivity contribution < 1.29 is 9.53 Å². The third kappa shape index (κ3) is 5.28. The number of aromatic nitrogens is 4. The first-order valence-corrected chi connectivity index (χ1v) is 11.9. The molecular formula is C26H27N5O2S. The van der Waals surface area contributed by atoms with Gasteiger partial charge >= 0.3 is 0 Å². The normalized spacial score (nSPS) is 11.9. The van der Waals surface area contributed by atoms with Crippen molar-refractivity contribution in [3.63, 3.8) is 0 Å². The molecule has 1 atom stereocenters. The standard InChI is InChI=1S/C26H27N5O2S/c1-17(2)23(25(32)28-20-7-11-22(33-4)12-8-20)34-26-30-29-24(19-13-15-27-16-14-19)31(26)21-9-5-18(3)6-10-21/h5-17,23H,1-4H3,(H,28,32). The first kappa shape index (κ1) is 23.5. The van der Waals surface area contributed by atoms with Crippen LogP contribution >= 0.6 is 11.8 Å². The molecule has 174 valence electrons. The lowest BCUT2D eigenvalue weighted by atomic mass is 10.1. The number of hydrogen-bond donors (Lipinski definition) is 1. The van der Waals surface area contributed by atoms with E-state index < -0.39 is 0 Å². The molecule has 8 heteroatoms. The molecule has 0 fully saturated rings. The Kier molecular flexibility index (Phi) is 7.27. The molecule has 0 spiro atoms. The molecule has 4 rings (SSSR count). The van der Waals surface area contributed by atoms with E-state index in [0.717, 1.165) is 28.3 Å². The summed E-state index contributed by atoms with van der Waals surface area (Å²) < 4.78 is 7.20. The molecule has 7 nitrogen and oxygen atoms in total. The molecule has 0 bridgehead atoms. The van der Waals surface area contributed by atoms with Crippen LogP contribution < -0.4 is 10.1 Å². The first-order valence-electron chi connectivity index (χ1n) is 11.0. The summed E-state index contributed by atoms with van der Waals surface area (Å²) >= 11 is 1.41. The van der Waals surface area contributed by atoms with Gasteiger partial charge < -0.3 is 10.1 Å². The van der Waals surface area contributed by atoms with Crippen molar-refractivity contribution in [1.82, 2.24) is 19.7 Å². The number of anilines is 1. The zero-order valence-electron chi connectivity index (χ0n) is 19.6. The number of pyridine rings is 1. The van der Waals surface area contributed by atoms with Crippen LogP contribution in [-0.4, -0.2) is 38.0 Å². The Bertz CT molecular complexity index is 1240. The van der Waals surface area contributed by atoms with Crippen LogP contribution in [0, 0.1) is 12.8 Å². The number of aryl methyl sites for hydroxylation is 1. The Morgan fingerprint density at radius 1 is 0.971 bits per heavy atom. The van der Waals surface area contributed by atoms with E-state index in [1.54, 1.807) is 19.5 Å². The van der Waals surface area contributed by atoms with Crippen LogP contribution in [0.2, 0.25) is 0 Å². The molecule has 1 amide bonds. The first-order chi connectivity index (χ1) is 16.5. The van der Waals surface area contributed by atoms with Gasteiger partial charge in [-0.1, -0.05) is 43.3 Å². The van der Waals surface area contributed by atoms with E-state index in [1.807, 2.05) is 73.9 Å². The fourth-order valence-corrected chi connectivity index (χ4v) is 4.50. The van der Waals surface area contributed by atoms with E-state index in [1.165, 1.54) is 11.8 Å². The second-order valence-electron chi connectivity index (χ2n) is 8.21. The van der Waals surface area contributed by atoms with Crippen molar-refractivity contribution in [1.29, 1.82) is 0 Å². The van der Waals surface area contributed by atoms with Crippen LogP contribution in [-0.2, 0) is 4.79 Å². The number of hydrogen-bond acceptors (Lipinski definition) is 6. The fourth-order valence-electron chi connectivity index (χ4n) is 3.45. The highest BCUT2D eigenvalue weighted by atomic mass is 32.2. The lowest BCUT2D eigenvalue weighted by Gasteiger charge is -2.20. The fraction of sp³-hybridized carbons (Fsp3) is 0.231. The quantitative estimate of drug-likeness (QED) is 0.345. The number of methoxy groups -OCH3 is 1. The molecule has 0 aliphatic carbocycles. The summed E-state index contributed by atoms with van der Waals surface area (Å²) in [5.74, 6) is 1.42. The monoisotopic (exact) mass is 473 g/mol. The number of carbonyl (C=O) groups excluding carboxylic acids is 1. The molecule has 0 saturated heterocycles. The minimum Gasteiger partial charge on any atom is -0.497 e. The molecule has 1 N–H and O–H groups in total. The van der Waals surface area contributed by atoms with Crippen LogP contribution in [0.4, 0.5) is 5.69 Å². The van der Waals surface area contributed by atoms with Gasteiger partial charge in [0.2, 0.25) is 5.91 Å². The number of benzene rings is 2. The van der Waals surface area contributed by atoms with Crippen LogP contribution in [0.25, 0.3) is 17.1 Å². The zero-order chi connectivity index (χ0) is 24.1. The molecule has 0 aliphatic heterocycles. The summed E-state index contributed by atoms with van der Waals surface area (Å²) in [6.45, 7) is 6.11. The highest BCUT2D eigenvalue weighted by molar-refractivity contribution is 8.00. The Morgan fingerprint density at radius 2 is 1.65 bits per heavy atom. The molecule has 0 saturated carbocycles. The van der Waals surface area contributed by atoms with E-state index in [-0.39, 0.29) is 17.1 Å². The summed E-state index contributed by atoms with van der Waals surface area (Å²) in [6, 6.07) is 19.3. The van der Waals surface area contributed by atoms with Gasteiger partial charge in [-0.3, -0.25) is 14.3 Å². The summed E-state index contributed by atoms with van der Waals surface area (Å²) in [5, 5.41) is 12.3. The average molecular weight is 474 g/mol. The van der Waals surface area contributed by atoms with Crippen LogP contribution in [0.3, 0.4) is 0 Å². The summed E-state index contributed by atoms with van der Waals surface area (Å²) in [6.07, 6.45) is 3.46. The minimum absolute atomic E-state index is 0.0655. The van der Waals surface area contributed by atoms with Gasteiger partial charge in [0, 0.05) is 29.3 Å². The lowest BCUT2D eigenvalue weighted by molar-refractivity contribution is -0.116. The van der Waals surface area contributed by atoms with E-state index in [9.17, 15) is 4.79 Å². The van der Waals surface area contributed by atoms with Crippen molar-refractivity contribution in [2.75, 3.05) is 12.4 Å². The molecule has 0 aliphatic rings. The van der Waals surface area contributed by atoms with E-state index >= 15 is 0 Å². The molecule has 2 aromatic heterocycles. The van der Waals surface area contributed by atoms with Crippen molar-refractivity contribution in [3.05, 3.63) is 78.6 Å². The maximum absolute atomic E-state index is 13.3. The second kappa shape index (κ2) is 10.5. The molecule has 4 aromatic rings. The molecular weight excluding hydrogens is 446 g/mol. The SMILES string of the molecule is COc1ccc(NC(=O)C(Sc2nnc(-c3ccncc3)n2-c2ccc(C)cc2)C(C)C)cc1. The number of amides is 1. The van der Waals surface area contributed by atoms with Gasteiger partial charge in [-0.25, -0.2) is 0 Å². The molecule has 1 unspecified atom stereocenters. The predicted molar refractivity (Wildman–Crippen MR) is 135 cm³/mol. The second-order valence-corrected chi connectivity index (χ2v) is 9.32. The number of rotatable bonds is 8. The smallest absolute Gasteiger partial charge is 0.238 e. The Hall–Kier alpha value is -3.65. The zero-order valence-corrected chi connectivity index (χ0v) is 20.4. The summed E-state index contributed by atoms with van der Waals surface area (Å²) in [5.41, 5.74) is 3.71. The lowest BCUT2D eigenvalue weighted by Crippen LogP contribution is -2.30. The van der Waals surface area contributed by atoms with E-state index in [0.29, 0.717) is 11.0 Å². The van der Waals surface area contributed by atoms with E-state index in [4.69, 9.17) is 4.74 Å². The molecule has 0 radical (unpaired) electrons. The van der Waals surface area contributed by atoms with Gasteiger partial charge in [-0.05, 0) is 61.4 Å². The van der Waals surface area contributed by atoms with Crippen molar-refractivity contribution in [2.24, 2.45) is 5.92 Å². The third-order valence-electron chi connectivity index (χ3n) is 5.32. The predicted octanol–water partition coefficient (Wildman–Crippen LogP) is 5.40. The Labute approximate surface area is 203 Å². The van der Waals surface area contributed by atoms with Gasteiger partial charge in [0.05, 0.1) is 12.4 Å². The number of nitrogens with zero attached hydrogens (tertiary/aromatic N) is 4. The molecule has 2 aromatic carbocycles. The maximum atomic E-state index is 13.3. The van der Waals surface area contributed by atoms with Gasteiger partial charge in [0.15, 0.2) is 11.0 Å². The molecule has 34 heavy (non-hydrogen) atoms. The van der Waals surface area contributed by atoms with Crippen LogP contribution in [0.5, 0.6) is 5.75 Å². The Balaban J connectivity index is 1.67. The number of carbonyl (C=O) groups is 1. The Morgan fingerprint density at radius 3 is 2.26 bits per heavy atom. The van der Waals surface area contributed by atoms with E-state index in [2.05, 4.69) is 32.6 Å². The van der Waals surface area contributed by atoms with Crippen LogP contribution in [0.15, 0.2) is 78.2 Å². The summed E-state index contributed by atoms with van der Waals surface area (Å²) in [4.78, 5) is 17.4. The van der Waals surface area contributed by atoms with Crippen molar-refractivity contribution >= 4 is 23.4 Å². The average Bonchev–Trinajstić information content (AvgIpc) is 3.27. The maximum Gasteiger partial charge on any atom is 0.238 e. The largest absolute Gasteiger partial charge is 0.497 e. The van der Waals surface area contributed by atoms with Crippen LogP contribution in [0.1, 0.15) is 19.4 Å². The number of ether oxygens (including phenoxy) is 1. The highest BCUT2D eigenvalue weighted by Gasteiger charge is 2.28. The van der Waals surface area contributed by atoms with Gasteiger partial charge in [0.25, 0.3) is 0 Å². The number of nitrogens with one attached hydrogen (secondary N) is 1. The highest BCUT2D eigenvalue weighted by Crippen LogP contribution is 2.33. The molecule has 2 heterocycles. The third-order valence-corrected chi connectivity index (χ3v) is 6.81. The topological polar surface area (TPSA) is 81.9 Å². The minimum atomic E-state index is -0.374. The van der Waals surface area contributed by atoms with Crippen molar-refractivity contribution in [2.45, 2.75) is 31.2 Å².